The smallest absolute Gasteiger partial charge is 0.259 e. The number of aromatic nitrogens is 2. The first kappa shape index (κ1) is 20.0. The Bertz CT molecular complexity index is 979. The first-order chi connectivity index (χ1) is 13.5. The van der Waals surface area contributed by atoms with Crippen molar-refractivity contribution in [3.05, 3.63) is 59.5 Å². The molecule has 0 aliphatic carbocycles. The van der Waals surface area contributed by atoms with Gasteiger partial charge in [-0.05, 0) is 48.7 Å². The van der Waals surface area contributed by atoms with Crippen LogP contribution in [0.15, 0.2) is 46.9 Å². The fraction of sp³-hybridized carbons (Fsp3) is 0.273. The average Bonchev–Trinajstić information content (AvgIpc) is 3.17. The third-order valence-corrected chi connectivity index (χ3v) is 4.22. The van der Waals surface area contributed by atoms with E-state index in [0.717, 1.165) is 16.7 Å². The molecule has 0 aliphatic heterocycles. The summed E-state index contributed by atoms with van der Waals surface area (Å²) in [6.07, 6.45) is 1.76. The number of nitrogens with zero attached hydrogens (tertiary/aromatic N) is 2. The summed E-state index contributed by atoms with van der Waals surface area (Å²) in [5.41, 5.74) is 2.82. The van der Waals surface area contributed by atoms with Crippen LogP contribution < -0.4 is 9.47 Å². The second-order valence-corrected chi connectivity index (χ2v) is 7.30. The number of hydrogen-bond donors (Lipinski definition) is 0. The van der Waals surface area contributed by atoms with Crippen LogP contribution in [0.1, 0.15) is 30.9 Å². The van der Waals surface area contributed by atoms with Gasteiger partial charge >= 0.3 is 0 Å². The minimum absolute atomic E-state index is 0.263. The molecule has 0 spiro atoms. The van der Waals surface area contributed by atoms with E-state index < -0.39 is 0 Å². The Morgan fingerprint density at radius 3 is 2.68 bits per heavy atom. The molecule has 5 nitrogen and oxygen atoms in total. The number of methoxy groups -OCH3 is 1. The average molecular weight is 399 g/mol. The molecule has 0 bridgehead atoms. The molecule has 146 valence electrons. The van der Waals surface area contributed by atoms with E-state index >= 15 is 0 Å². The summed E-state index contributed by atoms with van der Waals surface area (Å²) in [7, 11) is 1.62. The van der Waals surface area contributed by atoms with Crippen molar-refractivity contribution in [3.8, 4) is 23.0 Å². The number of halogens is 1. The molecule has 2 aromatic carbocycles. The molecule has 0 unspecified atom stereocenters. The first-order valence-corrected chi connectivity index (χ1v) is 9.43. The number of hydrogen-bond acceptors (Lipinski definition) is 5. The highest BCUT2D eigenvalue weighted by atomic mass is 35.5. The maximum Gasteiger partial charge on any atom is 0.259 e. The summed E-state index contributed by atoms with van der Waals surface area (Å²) in [4.78, 5) is 0. The van der Waals surface area contributed by atoms with E-state index in [0.29, 0.717) is 34.9 Å². The fourth-order valence-corrected chi connectivity index (χ4v) is 2.78. The monoisotopic (exact) mass is 398 g/mol. The molecular weight excluding hydrogens is 376 g/mol. The molecule has 0 aliphatic rings. The molecule has 0 fully saturated rings. The second-order valence-electron chi connectivity index (χ2n) is 6.89. The molecule has 1 heterocycles. The van der Waals surface area contributed by atoms with Gasteiger partial charge in [0.15, 0.2) is 11.5 Å². The molecule has 1 aromatic heterocycles. The van der Waals surface area contributed by atoms with Gasteiger partial charge in [-0.15, -0.1) is 10.2 Å². The van der Waals surface area contributed by atoms with Crippen molar-refractivity contribution in [2.24, 2.45) is 5.92 Å². The quantitative estimate of drug-likeness (QED) is 0.501. The normalized spacial score (nSPS) is 11.7. The lowest BCUT2D eigenvalue weighted by Crippen LogP contribution is -2.05. The van der Waals surface area contributed by atoms with Crippen LogP contribution in [0.2, 0.25) is 0 Å². The summed E-state index contributed by atoms with van der Waals surface area (Å²) < 4.78 is 16.9. The van der Waals surface area contributed by atoms with Gasteiger partial charge in [0.25, 0.3) is 5.89 Å². The van der Waals surface area contributed by atoms with Crippen LogP contribution >= 0.6 is 11.6 Å². The maximum atomic E-state index is 6.42. The van der Waals surface area contributed by atoms with Crippen LogP contribution in [0.25, 0.3) is 22.6 Å². The Labute approximate surface area is 170 Å². The van der Waals surface area contributed by atoms with E-state index in [1.807, 2.05) is 49.4 Å². The van der Waals surface area contributed by atoms with Crippen molar-refractivity contribution in [2.45, 2.75) is 20.8 Å². The molecule has 6 heteroatoms. The van der Waals surface area contributed by atoms with E-state index in [1.165, 1.54) is 0 Å². The Hall–Kier alpha value is -2.79. The molecule has 3 aromatic rings. The van der Waals surface area contributed by atoms with Crippen molar-refractivity contribution in [1.29, 1.82) is 0 Å². The van der Waals surface area contributed by atoms with Gasteiger partial charge in [0.05, 0.1) is 13.7 Å². The molecule has 28 heavy (non-hydrogen) atoms. The lowest BCUT2D eigenvalue weighted by Gasteiger charge is -2.13. The number of ether oxygens (including phenoxy) is 2. The van der Waals surface area contributed by atoms with Crippen molar-refractivity contribution in [1.82, 2.24) is 10.2 Å². The largest absolute Gasteiger partial charge is 0.493 e. The van der Waals surface area contributed by atoms with Crippen molar-refractivity contribution in [2.75, 3.05) is 13.7 Å². The fourth-order valence-electron chi connectivity index (χ4n) is 2.57. The van der Waals surface area contributed by atoms with Gasteiger partial charge in [-0.3, -0.25) is 0 Å². The Balaban J connectivity index is 1.84. The van der Waals surface area contributed by atoms with E-state index in [1.54, 1.807) is 13.2 Å². The Morgan fingerprint density at radius 1 is 1.14 bits per heavy atom. The predicted molar refractivity (Wildman–Crippen MR) is 112 cm³/mol. The summed E-state index contributed by atoms with van der Waals surface area (Å²) in [6.45, 7) is 6.79. The van der Waals surface area contributed by atoms with E-state index in [9.17, 15) is 0 Å². The van der Waals surface area contributed by atoms with Gasteiger partial charge in [-0.25, -0.2) is 0 Å². The SMILES string of the molecule is COc1ccc(/C=C(\Cl)c2nnc(-c3cccc(C)c3)o2)cc1OCC(C)C. The highest BCUT2D eigenvalue weighted by Gasteiger charge is 2.12. The van der Waals surface area contributed by atoms with Crippen LogP contribution in [-0.2, 0) is 0 Å². The standard InChI is InChI=1S/C22H23ClN2O3/c1-14(2)13-27-20-12-16(8-9-19(20)26-4)11-18(23)22-25-24-21(28-22)17-7-5-6-15(3)10-17/h5-12,14H,13H2,1-4H3/b18-11-. The number of rotatable bonds is 7. The van der Waals surface area contributed by atoms with Crippen LogP contribution in [0.3, 0.4) is 0 Å². The van der Waals surface area contributed by atoms with Gasteiger partial charge in [0.1, 0.15) is 5.03 Å². The lowest BCUT2D eigenvalue weighted by molar-refractivity contribution is 0.257. The molecule has 0 radical (unpaired) electrons. The maximum absolute atomic E-state index is 6.42. The Kier molecular flexibility index (Phi) is 6.37. The van der Waals surface area contributed by atoms with E-state index in [2.05, 4.69) is 24.0 Å². The van der Waals surface area contributed by atoms with E-state index in [4.69, 9.17) is 25.5 Å². The van der Waals surface area contributed by atoms with Crippen molar-refractivity contribution in [3.63, 3.8) is 0 Å². The van der Waals surface area contributed by atoms with Gasteiger partial charge in [0, 0.05) is 5.56 Å². The summed E-state index contributed by atoms with van der Waals surface area (Å²) in [5.74, 6) is 2.44. The zero-order valence-corrected chi connectivity index (χ0v) is 17.2. The highest BCUT2D eigenvalue weighted by molar-refractivity contribution is 6.50. The zero-order chi connectivity index (χ0) is 20.1. The van der Waals surface area contributed by atoms with Gasteiger partial charge in [-0.1, -0.05) is 49.2 Å². The summed E-state index contributed by atoms with van der Waals surface area (Å²) in [5, 5.41) is 8.51. The highest BCUT2D eigenvalue weighted by Crippen LogP contribution is 2.31. The minimum Gasteiger partial charge on any atom is -0.493 e. The molecule has 3 rings (SSSR count). The molecule has 0 saturated heterocycles. The van der Waals surface area contributed by atoms with Crippen LogP contribution in [0.4, 0.5) is 0 Å². The van der Waals surface area contributed by atoms with Gasteiger partial charge in [0.2, 0.25) is 5.89 Å². The summed E-state index contributed by atoms with van der Waals surface area (Å²) >= 11 is 6.42. The molecule has 0 saturated carbocycles. The first-order valence-electron chi connectivity index (χ1n) is 9.05. The van der Waals surface area contributed by atoms with Gasteiger partial charge < -0.3 is 13.9 Å². The topological polar surface area (TPSA) is 57.4 Å². The summed E-state index contributed by atoms with van der Waals surface area (Å²) in [6, 6.07) is 13.5. The Morgan fingerprint density at radius 2 is 1.96 bits per heavy atom. The van der Waals surface area contributed by atoms with Crippen molar-refractivity contribution < 1.29 is 13.9 Å². The lowest BCUT2D eigenvalue weighted by atomic mass is 10.1. The van der Waals surface area contributed by atoms with Crippen LogP contribution in [-0.4, -0.2) is 23.9 Å². The molecule has 0 amide bonds. The number of benzene rings is 2. The zero-order valence-electron chi connectivity index (χ0n) is 16.4. The second kappa shape index (κ2) is 8.93. The molecule has 0 N–H and O–H groups in total. The third-order valence-electron chi connectivity index (χ3n) is 3.95. The van der Waals surface area contributed by atoms with Crippen LogP contribution in [0.5, 0.6) is 11.5 Å². The third kappa shape index (κ3) is 4.93. The van der Waals surface area contributed by atoms with Gasteiger partial charge in [-0.2, -0.15) is 0 Å². The molecular formula is C22H23ClN2O3. The minimum atomic E-state index is 0.263. The molecule has 0 atom stereocenters. The van der Waals surface area contributed by atoms with E-state index in [-0.39, 0.29) is 5.89 Å². The predicted octanol–water partition coefficient (Wildman–Crippen LogP) is 5.83. The van der Waals surface area contributed by atoms with Crippen molar-refractivity contribution >= 4 is 22.7 Å². The van der Waals surface area contributed by atoms with Crippen LogP contribution in [0, 0.1) is 12.8 Å². The number of aryl methyl sites for hydroxylation is 1.